The van der Waals surface area contributed by atoms with Crippen LogP contribution in [-0.4, -0.2) is 12.1 Å². The van der Waals surface area contributed by atoms with Gasteiger partial charge in [-0.1, -0.05) is 13.8 Å². The van der Waals surface area contributed by atoms with Gasteiger partial charge in [-0.05, 0) is 68.6 Å². The Morgan fingerprint density at radius 1 is 0.765 bits per heavy atom. The Morgan fingerprint density at radius 2 is 1.18 bits per heavy atom. The summed E-state index contributed by atoms with van der Waals surface area (Å²) in [6.07, 6.45) is 9.37. The Morgan fingerprint density at radius 3 is 1.53 bits per heavy atom. The summed E-state index contributed by atoms with van der Waals surface area (Å²) in [4.78, 5) is 0. The molecule has 0 bridgehead atoms. The smallest absolute Gasteiger partial charge is 0.00647 e. The first-order valence-corrected chi connectivity index (χ1v) is 7.57. The van der Waals surface area contributed by atoms with Crippen LogP contribution in [0.5, 0.6) is 0 Å². The monoisotopic (exact) mass is 238 g/mol. The average Bonchev–Trinajstić information content (AvgIpc) is 2.29. The molecule has 0 heterocycles. The summed E-state index contributed by atoms with van der Waals surface area (Å²) < 4.78 is 0. The van der Waals surface area contributed by atoms with E-state index >= 15 is 0 Å². The van der Waals surface area contributed by atoms with Crippen LogP contribution in [0, 0.1) is 23.7 Å². The van der Waals surface area contributed by atoms with Crippen molar-refractivity contribution < 1.29 is 0 Å². The van der Waals surface area contributed by atoms with Gasteiger partial charge in [-0.25, -0.2) is 0 Å². The van der Waals surface area contributed by atoms with Gasteiger partial charge in [-0.15, -0.1) is 0 Å². The fourth-order valence-corrected chi connectivity index (χ4v) is 3.96. The van der Waals surface area contributed by atoms with E-state index in [9.17, 15) is 0 Å². The van der Waals surface area contributed by atoms with Crippen LogP contribution in [0.2, 0.25) is 0 Å². The third kappa shape index (κ3) is 3.45. The lowest BCUT2D eigenvalue weighted by atomic mass is 9.71. The van der Waals surface area contributed by atoms with E-state index in [1.807, 2.05) is 0 Å². The van der Waals surface area contributed by atoms with Crippen molar-refractivity contribution >= 4 is 0 Å². The van der Waals surface area contributed by atoms with Gasteiger partial charge >= 0.3 is 0 Å². The van der Waals surface area contributed by atoms with Crippen LogP contribution in [0.3, 0.4) is 0 Å². The predicted octanol–water partition coefficient (Wildman–Crippen LogP) is 2.90. The van der Waals surface area contributed by atoms with Gasteiger partial charge in [-0.2, -0.15) is 0 Å². The van der Waals surface area contributed by atoms with Crippen molar-refractivity contribution in [3.8, 4) is 0 Å². The molecule has 0 aromatic rings. The highest BCUT2D eigenvalue weighted by atomic mass is 14.7. The van der Waals surface area contributed by atoms with Gasteiger partial charge < -0.3 is 11.5 Å². The Balaban J connectivity index is 1.78. The van der Waals surface area contributed by atoms with Gasteiger partial charge in [-0.3, -0.25) is 0 Å². The van der Waals surface area contributed by atoms with Crippen LogP contribution < -0.4 is 11.5 Å². The normalized spacial score (nSPS) is 48.0. The zero-order valence-electron chi connectivity index (χ0n) is 11.6. The van der Waals surface area contributed by atoms with Gasteiger partial charge in [0.2, 0.25) is 0 Å². The van der Waals surface area contributed by atoms with Crippen LogP contribution in [-0.2, 0) is 0 Å². The number of hydrogen-bond acceptors (Lipinski definition) is 2. The van der Waals surface area contributed by atoms with Gasteiger partial charge in [0.25, 0.3) is 0 Å². The topological polar surface area (TPSA) is 52.0 Å². The number of nitrogens with two attached hydrogens (primary N) is 2. The van der Waals surface area contributed by atoms with Crippen molar-refractivity contribution in [1.82, 2.24) is 0 Å². The molecule has 2 nitrogen and oxygen atoms in total. The molecular weight excluding hydrogens is 208 g/mol. The van der Waals surface area contributed by atoms with E-state index in [-0.39, 0.29) is 0 Å². The molecule has 0 amide bonds. The molecule has 6 atom stereocenters. The molecule has 17 heavy (non-hydrogen) atoms. The lowest BCUT2D eigenvalue weighted by molar-refractivity contribution is 0.169. The van der Waals surface area contributed by atoms with E-state index < -0.39 is 0 Å². The summed E-state index contributed by atoms with van der Waals surface area (Å²) in [6.45, 7) is 4.66. The quantitative estimate of drug-likeness (QED) is 0.777. The van der Waals surface area contributed by atoms with Crippen LogP contribution in [0.1, 0.15) is 58.8 Å². The minimum Gasteiger partial charge on any atom is -0.327 e. The van der Waals surface area contributed by atoms with Crippen molar-refractivity contribution in [3.63, 3.8) is 0 Å². The highest BCUT2D eigenvalue weighted by Gasteiger charge is 2.30. The highest BCUT2D eigenvalue weighted by molar-refractivity contribution is 4.85. The minimum atomic E-state index is 0.463. The molecule has 2 aliphatic carbocycles. The van der Waals surface area contributed by atoms with E-state index in [2.05, 4.69) is 13.8 Å². The zero-order valence-corrected chi connectivity index (χ0v) is 11.6. The van der Waals surface area contributed by atoms with Crippen LogP contribution in [0.15, 0.2) is 0 Å². The molecule has 0 radical (unpaired) electrons. The highest BCUT2D eigenvalue weighted by Crippen LogP contribution is 2.38. The second-order valence-corrected chi connectivity index (χ2v) is 6.88. The zero-order chi connectivity index (χ0) is 12.4. The maximum Gasteiger partial charge on any atom is 0.00647 e. The summed E-state index contributed by atoms with van der Waals surface area (Å²) in [7, 11) is 0. The van der Waals surface area contributed by atoms with Crippen LogP contribution in [0.25, 0.3) is 0 Å². The summed E-state index contributed by atoms with van der Waals surface area (Å²) >= 11 is 0. The maximum atomic E-state index is 6.10. The molecule has 2 rings (SSSR count). The first kappa shape index (κ1) is 13.4. The third-order valence-corrected chi connectivity index (χ3v) is 5.36. The predicted molar refractivity (Wildman–Crippen MR) is 73.6 cm³/mol. The van der Waals surface area contributed by atoms with Gasteiger partial charge in [0, 0.05) is 12.1 Å². The molecule has 0 saturated heterocycles. The summed E-state index contributed by atoms with van der Waals surface area (Å²) in [6, 6.07) is 0.926. The van der Waals surface area contributed by atoms with E-state index in [0.29, 0.717) is 12.1 Å². The molecule has 0 aromatic carbocycles. The van der Waals surface area contributed by atoms with Crippen molar-refractivity contribution in [3.05, 3.63) is 0 Å². The third-order valence-electron chi connectivity index (χ3n) is 5.36. The molecule has 2 heteroatoms. The lowest BCUT2D eigenvalue weighted by Gasteiger charge is -2.37. The fraction of sp³-hybridized carbons (Fsp3) is 1.00. The number of hydrogen-bond donors (Lipinski definition) is 2. The Hall–Kier alpha value is -0.0800. The average molecular weight is 238 g/mol. The van der Waals surface area contributed by atoms with Gasteiger partial charge in [0.05, 0.1) is 0 Å². The first-order chi connectivity index (χ1) is 8.06. The molecule has 100 valence electrons. The molecule has 0 aliphatic heterocycles. The van der Waals surface area contributed by atoms with Crippen molar-refractivity contribution in [1.29, 1.82) is 0 Å². The van der Waals surface area contributed by atoms with Crippen LogP contribution in [0.4, 0.5) is 0 Å². The molecule has 2 fully saturated rings. The van der Waals surface area contributed by atoms with E-state index in [0.717, 1.165) is 23.7 Å². The fourth-order valence-electron chi connectivity index (χ4n) is 3.96. The Kier molecular flexibility index (Phi) is 4.48. The van der Waals surface area contributed by atoms with E-state index in [1.165, 1.54) is 44.9 Å². The Bertz CT molecular complexity index is 217. The molecule has 0 spiro atoms. The lowest BCUT2D eigenvalue weighted by Crippen LogP contribution is -2.37. The first-order valence-electron chi connectivity index (χ1n) is 7.57. The maximum absolute atomic E-state index is 6.10. The molecule has 2 aliphatic rings. The van der Waals surface area contributed by atoms with Gasteiger partial charge in [0.15, 0.2) is 0 Å². The standard InChI is InChI=1S/C15H30N2/c1-10-7-12(3-5-14(10)16)9-13-4-6-15(17)11(2)8-13/h10-15H,3-9,16-17H2,1-2H3/t10?,11?,12-,13+,14-,15+. The van der Waals surface area contributed by atoms with Crippen molar-refractivity contribution in [2.45, 2.75) is 70.9 Å². The second kappa shape index (κ2) is 5.71. The SMILES string of the molecule is CC1C[C@H](C[C@H]2CC[C@H](N)C(C)C2)CC[C@H]1N. The summed E-state index contributed by atoms with van der Waals surface area (Å²) in [5.41, 5.74) is 12.2. The molecular formula is C15H30N2. The molecule has 2 unspecified atom stereocenters. The summed E-state index contributed by atoms with van der Waals surface area (Å²) in [5.74, 6) is 3.35. The number of rotatable bonds is 2. The summed E-state index contributed by atoms with van der Waals surface area (Å²) in [5, 5.41) is 0. The van der Waals surface area contributed by atoms with Crippen molar-refractivity contribution in [2.75, 3.05) is 0 Å². The van der Waals surface area contributed by atoms with Crippen molar-refractivity contribution in [2.24, 2.45) is 35.1 Å². The minimum absolute atomic E-state index is 0.463. The second-order valence-electron chi connectivity index (χ2n) is 6.88. The van der Waals surface area contributed by atoms with E-state index in [1.54, 1.807) is 0 Å². The largest absolute Gasteiger partial charge is 0.327 e. The van der Waals surface area contributed by atoms with Crippen LogP contribution >= 0.6 is 0 Å². The molecule has 0 aromatic heterocycles. The van der Waals surface area contributed by atoms with Gasteiger partial charge in [0.1, 0.15) is 0 Å². The molecule has 4 N–H and O–H groups in total. The molecule has 2 saturated carbocycles. The Labute approximate surface area is 107 Å². The van der Waals surface area contributed by atoms with E-state index in [4.69, 9.17) is 11.5 Å².